The van der Waals surface area contributed by atoms with E-state index in [-0.39, 0.29) is 80.3 Å². The third-order valence-electron chi connectivity index (χ3n) is 6.91. The maximum absolute atomic E-state index is 3.13. The van der Waals surface area contributed by atoms with Crippen LogP contribution in [0.15, 0.2) is 48.5 Å². The zero-order chi connectivity index (χ0) is 18.3. The van der Waals surface area contributed by atoms with E-state index in [1.54, 1.807) is 11.1 Å². The summed E-state index contributed by atoms with van der Waals surface area (Å²) < 4.78 is 0. The standard InChI is InChI=1S/C27H34.2CH3.2Y/c1-3-7-22(8-4-1)19-24-11-15-26(16-12-24)21-27-17-13-25(14-18-27)20-23-9-5-2-6-10-23;;;;/h1,5-6,9-12,15-16,22,25,27H,3-4,7-8,13-14,17-21H2;2*1H3;;/q-2;2*-1;;. The van der Waals surface area contributed by atoms with Gasteiger partial charge in [-0.15, -0.1) is 0 Å². The van der Waals surface area contributed by atoms with E-state index >= 15 is 0 Å². The Morgan fingerprint density at radius 1 is 0.581 bits per heavy atom. The van der Waals surface area contributed by atoms with Gasteiger partial charge in [-0.2, -0.15) is 48.7 Å². The molecule has 2 aliphatic rings. The Morgan fingerprint density at radius 2 is 0.935 bits per heavy atom. The topological polar surface area (TPSA) is 0 Å². The molecule has 2 aromatic carbocycles. The molecule has 0 nitrogen and oxygen atoms in total. The minimum absolute atomic E-state index is 0. The number of hydrogen-bond donors (Lipinski definition) is 0. The molecule has 2 fully saturated rings. The normalized spacial score (nSPS) is 20.9. The van der Waals surface area contributed by atoms with Crippen molar-refractivity contribution in [1.82, 2.24) is 0 Å². The SMILES string of the molecule is [CH3-].[CH3-].[Y].[Y].[c-]1ccc(CC2CCC(Cc3ccc(CC4CC[CH-]CC4)cc3)CC2)cc1. The third-order valence-corrected chi connectivity index (χ3v) is 6.91. The minimum Gasteiger partial charge on any atom is -0.358 e. The van der Waals surface area contributed by atoms with Gasteiger partial charge < -0.3 is 21.3 Å². The van der Waals surface area contributed by atoms with E-state index in [2.05, 4.69) is 61.0 Å². The summed E-state index contributed by atoms with van der Waals surface area (Å²) in [7, 11) is 0. The van der Waals surface area contributed by atoms with Gasteiger partial charge in [-0.25, -0.2) is 0 Å². The molecule has 2 radical (unpaired) electrons. The van der Waals surface area contributed by atoms with Crippen molar-refractivity contribution in [3.63, 3.8) is 0 Å². The fraction of sp³-hybridized carbons (Fsp3) is 0.483. The molecule has 0 aliphatic heterocycles. The molecule has 2 heteroatoms. The van der Waals surface area contributed by atoms with Gasteiger partial charge in [0.15, 0.2) is 0 Å². The molecule has 2 aliphatic carbocycles. The summed E-state index contributed by atoms with van der Waals surface area (Å²) in [5, 5.41) is 0. The van der Waals surface area contributed by atoms with Gasteiger partial charge >= 0.3 is 0 Å². The first-order valence-electron chi connectivity index (χ1n) is 11.2. The molecule has 0 saturated heterocycles. The van der Waals surface area contributed by atoms with E-state index < -0.39 is 0 Å². The Bertz CT molecular complexity index is 666. The van der Waals surface area contributed by atoms with Crippen LogP contribution in [0.2, 0.25) is 0 Å². The van der Waals surface area contributed by atoms with Crippen molar-refractivity contribution in [1.29, 1.82) is 0 Å². The second-order valence-electron chi connectivity index (χ2n) is 9.03. The van der Waals surface area contributed by atoms with E-state index in [1.807, 2.05) is 0 Å². The van der Waals surface area contributed by atoms with Gasteiger partial charge in [0.2, 0.25) is 0 Å². The number of rotatable bonds is 6. The molecule has 0 aromatic heterocycles. The maximum atomic E-state index is 3.13. The summed E-state index contributed by atoms with van der Waals surface area (Å²) in [4.78, 5) is 0. The number of hydrogen-bond acceptors (Lipinski definition) is 0. The van der Waals surface area contributed by atoms with Crippen LogP contribution in [0.3, 0.4) is 0 Å². The van der Waals surface area contributed by atoms with Crippen LogP contribution >= 0.6 is 0 Å². The van der Waals surface area contributed by atoms with Crippen LogP contribution in [0.25, 0.3) is 0 Å². The molecular weight excluding hydrogens is 526 g/mol. The van der Waals surface area contributed by atoms with Gasteiger partial charge in [-0.05, 0) is 73.8 Å². The summed E-state index contributed by atoms with van der Waals surface area (Å²) >= 11 is 0. The summed E-state index contributed by atoms with van der Waals surface area (Å²) in [6.45, 7) is 0. The molecule has 0 N–H and O–H groups in total. The van der Waals surface area contributed by atoms with Crippen molar-refractivity contribution in [2.75, 3.05) is 0 Å². The van der Waals surface area contributed by atoms with E-state index in [9.17, 15) is 0 Å². The molecule has 166 valence electrons. The molecule has 31 heavy (non-hydrogen) atoms. The average molecular weight is 566 g/mol. The average Bonchev–Trinajstić information content (AvgIpc) is 2.73. The first-order valence-corrected chi connectivity index (χ1v) is 11.2. The van der Waals surface area contributed by atoms with E-state index in [0.29, 0.717) is 0 Å². The summed E-state index contributed by atoms with van der Waals surface area (Å²) in [5.41, 5.74) is 4.59. The smallest absolute Gasteiger partial charge is 0 e. The molecule has 2 aromatic rings. The van der Waals surface area contributed by atoms with E-state index in [1.165, 1.54) is 76.2 Å². The quantitative estimate of drug-likeness (QED) is 0.312. The Hall–Kier alpha value is 0.648. The van der Waals surface area contributed by atoms with E-state index in [0.717, 1.165) is 17.8 Å². The van der Waals surface area contributed by atoms with Crippen LogP contribution in [0.4, 0.5) is 0 Å². The molecule has 4 rings (SSSR count). The van der Waals surface area contributed by atoms with Crippen LogP contribution in [0, 0.1) is 45.1 Å². The fourth-order valence-electron chi connectivity index (χ4n) is 5.21. The second kappa shape index (κ2) is 17.1. The molecule has 0 spiro atoms. The van der Waals surface area contributed by atoms with Crippen LogP contribution in [0.5, 0.6) is 0 Å². The van der Waals surface area contributed by atoms with Gasteiger partial charge in [0.05, 0.1) is 0 Å². The molecular formula is C29H40Y2-4. The summed E-state index contributed by atoms with van der Waals surface area (Å²) in [6, 6.07) is 21.3. The third kappa shape index (κ3) is 10.6. The number of benzene rings is 2. The van der Waals surface area contributed by atoms with Crippen LogP contribution in [-0.2, 0) is 84.7 Å². The van der Waals surface area contributed by atoms with Crippen molar-refractivity contribution in [2.24, 2.45) is 17.8 Å². The second-order valence-corrected chi connectivity index (χ2v) is 9.03. The Kier molecular flexibility index (Phi) is 17.5. The van der Waals surface area contributed by atoms with Crippen LogP contribution < -0.4 is 0 Å². The van der Waals surface area contributed by atoms with Crippen molar-refractivity contribution in [2.45, 2.75) is 70.6 Å². The van der Waals surface area contributed by atoms with E-state index in [4.69, 9.17) is 0 Å². The van der Waals surface area contributed by atoms with Crippen molar-refractivity contribution < 1.29 is 65.4 Å². The molecule has 0 unspecified atom stereocenters. The van der Waals surface area contributed by atoms with Crippen molar-refractivity contribution in [3.05, 3.63) is 92.6 Å². The Labute approximate surface area is 243 Å². The van der Waals surface area contributed by atoms with Crippen LogP contribution in [0.1, 0.15) is 68.1 Å². The minimum atomic E-state index is 0. The predicted molar refractivity (Wildman–Crippen MR) is 127 cm³/mol. The largest absolute Gasteiger partial charge is 0.358 e. The molecule has 0 bridgehead atoms. The van der Waals surface area contributed by atoms with Gasteiger partial charge in [0, 0.05) is 65.4 Å². The molecule has 0 amide bonds. The predicted octanol–water partition coefficient (Wildman–Crippen LogP) is 7.91. The van der Waals surface area contributed by atoms with Gasteiger partial charge in [0.1, 0.15) is 0 Å². The van der Waals surface area contributed by atoms with Gasteiger partial charge in [-0.3, -0.25) is 0 Å². The zero-order valence-electron chi connectivity index (χ0n) is 19.9. The van der Waals surface area contributed by atoms with Gasteiger partial charge in [0.25, 0.3) is 0 Å². The monoisotopic (exact) mass is 566 g/mol. The Balaban J connectivity index is 0.00000225. The first kappa shape index (κ1) is 31.6. The molecule has 0 heterocycles. The maximum Gasteiger partial charge on any atom is 0 e. The fourth-order valence-corrected chi connectivity index (χ4v) is 5.21. The van der Waals surface area contributed by atoms with Crippen LogP contribution in [-0.4, -0.2) is 0 Å². The molecule has 2 saturated carbocycles. The first-order chi connectivity index (χ1) is 13.3. The zero-order valence-corrected chi connectivity index (χ0v) is 25.5. The van der Waals surface area contributed by atoms with Crippen molar-refractivity contribution >= 4 is 0 Å². The molecule has 0 atom stereocenters. The van der Waals surface area contributed by atoms with Gasteiger partial charge in [-0.1, -0.05) is 37.1 Å². The summed E-state index contributed by atoms with van der Waals surface area (Å²) in [6.07, 6.45) is 17.4. The summed E-state index contributed by atoms with van der Waals surface area (Å²) in [5.74, 6) is 2.70. The van der Waals surface area contributed by atoms with Crippen molar-refractivity contribution in [3.8, 4) is 0 Å². The Morgan fingerprint density at radius 3 is 1.35 bits per heavy atom.